The van der Waals surface area contributed by atoms with Gasteiger partial charge in [-0.3, -0.25) is 0 Å². The van der Waals surface area contributed by atoms with Crippen LogP contribution in [0.2, 0.25) is 0 Å². The van der Waals surface area contributed by atoms with Crippen LogP contribution in [-0.2, 0) is 0 Å². The van der Waals surface area contributed by atoms with Crippen molar-refractivity contribution in [2.45, 2.75) is 0 Å². The van der Waals surface area contributed by atoms with E-state index in [4.69, 9.17) is 0 Å². The van der Waals surface area contributed by atoms with Crippen LogP contribution in [0.4, 0.5) is 14.4 Å². The molecule has 6 amide bonds. The van der Waals surface area contributed by atoms with Crippen molar-refractivity contribution in [2.75, 3.05) is 13.1 Å². The van der Waals surface area contributed by atoms with Crippen molar-refractivity contribution in [3.63, 3.8) is 0 Å². The lowest BCUT2D eigenvalue weighted by Gasteiger charge is -2.34. The number of nitrogens with one attached hydrogen (secondary N) is 1. The number of imide groups is 3. The fourth-order valence-corrected chi connectivity index (χ4v) is 1.24. The third-order valence-corrected chi connectivity index (χ3v) is 1.96. The molecule has 0 spiro atoms. The SMILES string of the molecule is C=CCN1C(=O)N(CC=C)C(=O)[NH+]([O-])C1=O. The number of hydroxylamine groups is 2. The summed E-state index contributed by atoms with van der Waals surface area (Å²) in [5.74, 6) is 0. The molecule has 7 nitrogen and oxygen atoms in total. The first-order valence-electron chi connectivity index (χ1n) is 4.48. The fourth-order valence-electron chi connectivity index (χ4n) is 1.24. The van der Waals surface area contributed by atoms with E-state index in [1.807, 2.05) is 0 Å². The monoisotopic (exact) mass is 225 g/mol. The molecular formula is C9H11N3O4. The molecule has 7 heteroatoms. The van der Waals surface area contributed by atoms with Crippen LogP contribution < -0.4 is 5.06 Å². The maximum Gasteiger partial charge on any atom is 0.435 e. The fraction of sp³-hybridized carbons (Fsp3) is 0.222. The quantitative estimate of drug-likeness (QED) is 0.526. The van der Waals surface area contributed by atoms with Gasteiger partial charge >= 0.3 is 18.1 Å². The van der Waals surface area contributed by atoms with E-state index >= 15 is 0 Å². The summed E-state index contributed by atoms with van der Waals surface area (Å²) in [5.41, 5.74) is 0. The summed E-state index contributed by atoms with van der Waals surface area (Å²) < 4.78 is 0. The van der Waals surface area contributed by atoms with Gasteiger partial charge < -0.3 is 5.21 Å². The molecule has 1 aliphatic heterocycles. The van der Waals surface area contributed by atoms with Crippen molar-refractivity contribution in [2.24, 2.45) is 0 Å². The molecule has 1 heterocycles. The van der Waals surface area contributed by atoms with Gasteiger partial charge in [-0.1, -0.05) is 12.2 Å². The van der Waals surface area contributed by atoms with E-state index in [2.05, 4.69) is 13.2 Å². The molecule has 0 saturated carbocycles. The molecule has 0 radical (unpaired) electrons. The Morgan fingerprint density at radius 1 is 1.06 bits per heavy atom. The average Bonchev–Trinajstić information content (AvgIpc) is 2.28. The summed E-state index contributed by atoms with van der Waals surface area (Å²) >= 11 is 0. The second kappa shape index (κ2) is 4.69. The number of urea groups is 3. The van der Waals surface area contributed by atoms with Crippen molar-refractivity contribution < 1.29 is 19.4 Å². The summed E-state index contributed by atoms with van der Waals surface area (Å²) in [7, 11) is 0. The van der Waals surface area contributed by atoms with Crippen LogP contribution in [0.25, 0.3) is 0 Å². The number of nitrogens with zero attached hydrogens (tertiary/aromatic N) is 2. The molecule has 86 valence electrons. The largest absolute Gasteiger partial charge is 0.616 e. The van der Waals surface area contributed by atoms with Gasteiger partial charge in [-0.25, -0.2) is 29.2 Å². The summed E-state index contributed by atoms with van der Waals surface area (Å²) in [5, 5.41) is 10.0. The van der Waals surface area contributed by atoms with Gasteiger partial charge in [-0.2, -0.15) is 0 Å². The summed E-state index contributed by atoms with van der Waals surface area (Å²) in [6, 6.07) is -3.06. The predicted octanol–water partition coefficient (Wildman–Crippen LogP) is -0.281. The number of quaternary nitrogens is 1. The minimum atomic E-state index is -1.22. The highest BCUT2D eigenvalue weighted by molar-refractivity contribution is 6.04. The van der Waals surface area contributed by atoms with E-state index in [0.29, 0.717) is 9.80 Å². The minimum absolute atomic E-state index is 0.107. The molecule has 0 unspecified atom stereocenters. The first-order valence-corrected chi connectivity index (χ1v) is 4.48. The first-order chi connectivity index (χ1) is 7.54. The molecule has 1 rings (SSSR count). The molecule has 1 aliphatic rings. The molecule has 0 aromatic rings. The molecule has 0 atom stereocenters. The van der Waals surface area contributed by atoms with E-state index < -0.39 is 23.2 Å². The Morgan fingerprint density at radius 3 is 1.75 bits per heavy atom. The van der Waals surface area contributed by atoms with Crippen molar-refractivity contribution in [3.8, 4) is 0 Å². The van der Waals surface area contributed by atoms with Crippen LogP contribution in [0.1, 0.15) is 0 Å². The number of hydrogen-bond donors (Lipinski definition) is 1. The van der Waals surface area contributed by atoms with Gasteiger partial charge in [0.05, 0.1) is 13.1 Å². The number of carbonyl (C=O) groups is 3. The zero-order valence-corrected chi connectivity index (χ0v) is 8.51. The maximum absolute atomic E-state index is 11.6. The van der Waals surface area contributed by atoms with Gasteiger partial charge in [-0.15, -0.1) is 13.2 Å². The zero-order valence-electron chi connectivity index (χ0n) is 8.51. The standard InChI is InChI=1S/C9H11N3O4/c1-3-5-10-7(13)11(6-4-2)9(15)12(16)8(10)14/h3-4,12H,1-2,5-6H2. The third-order valence-electron chi connectivity index (χ3n) is 1.96. The number of carbonyl (C=O) groups excluding carboxylic acids is 3. The third kappa shape index (κ3) is 1.86. The Kier molecular flexibility index (Phi) is 3.54. The molecule has 1 N–H and O–H groups in total. The van der Waals surface area contributed by atoms with Crippen LogP contribution >= 0.6 is 0 Å². The smallest absolute Gasteiger partial charge is 0.435 e. The van der Waals surface area contributed by atoms with Gasteiger partial charge in [0.1, 0.15) is 0 Å². The molecule has 16 heavy (non-hydrogen) atoms. The number of amides is 6. The highest BCUT2D eigenvalue weighted by Crippen LogP contribution is 2.04. The normalized spacial score (nSPS) is 17.9. The topological polar surface area (TPSA) is 85.2 Å². The van der Waals surface area contributed by atoms with Crippen LogP contribution in [0, 0.1) is 5.21 Å². The highest BCUT2D eigenvalue weighted by Gasteiger charge is 2.44. The number of hydrogen-bond acceptors (Lipinski definition) is 4. The molecular weight excluding hydrogens is 214 g/mol. The Labute approximate surface area is 91.8 Å². The second-order valence-electron chi connectivity index (χ2n) is 3.02. The first kappa shape index (κ1) is 12.1. The molecule has 0 bridgehead atoms. The van der Waals surface area contributed by atoms with Gasteiger partial charge in [0, 0.05) is 0 Å². The molecule has 1 fully saturated rings. The van der Waals surface area contributed by atoms with Gasteiger partial charge in [0.15, 0.2) is 0 Å². The Balaban J connectivity index is 3.01. The van der Waals surface area contributed by atoms with Crippen LogP contribution in [0.15, 0.2) is 25.3 Å². The van der Waals surface area contributed by atoms with Crippen molar-refractivity contribution in [1.29, 1.82) is 0 Å². The minimum Gasteiger partial charge on any atom is -0.616 e. The molecule has 1 saturated heterocycles. The molecule has 0 aromatic heterocycles. The average molecular weight is 225 g/mol. The maximum atomic E-state index is 11.6. The van der Waals surface area contributed by atoms with Gasteiger partial charge in [0.25, 0.3) is 0 Å². The zero-order chi connectivity index (χ0) is 12.3. The highest BCUT2D eigenvalue weighted by atomic mass is 16.5. The summed E-state index contributed by atoms with van der Waals surface area (Å²) in [4.78, 5) is 35.6. The Hall–Kier alpha value is -1.99. The number of rotatable bonds is 4. The Bertz CT molecular complexity index is 334. The lowest BCUT2D eigenvalue weighted by atomic mass is 10.4. The van der Waals surface area contributed by atoms with Crippen molar-refractivity contribution in [3.05, 3.63) is 30.5 Å². The lowest BCUT2D eigenvalue weighted by molar-refractivity contribution is -0.675. The van der Waals surface area contributed by atoms with Crippen LogP contribution in [-0.4, -0.2) is 41.0 Å². The molecule has 0 aliphatic carbocycles. The van der Waals surface area contributed by atoms with E-state index in [1.54, 1.807) is 0 Å². The second-order valence-corrected chi connectivity index (χ2v) is 3.02. The Morgan fingerprint density at radius 2 is 1.44 bits per heavy atom. The van der Waals surface area contributed by atoms with Gasteiger partial charge in [0.2, 0.25) is 0 Å². The summed E-state index contributed by atoms with van der Waals surface area (Å²) in [6.45, 7) is 6.50. The van der Waals surface area contributed by atoms with Gasteiger partial charge in [-0.05, 0) is 0 Å². The van der Waals surface area contributed by atoms with Crippen LogP contribution in [0.3, 0.4) is 0 Å². The van der Waals surface area contributed by atoms with E-state index in [0.717, 1.165) is 0 Å². The summed E-state index contributed by atoms with van der Waals surface area (Å²) in [6.07, 6.45) is 2.59. The van der Waals surface area contributed by atoms with E-state index in [1.165, 1.54) is 12.2 Å². The van der Waals surface area contributed by atoms with Crippen LogP contribution in [0.5, 0.6) is 0 Å². The predicted molar refractivity (Wildman–Crippen MR) is 54.3 cm³/mol. The lowest BCUT2D eigenvalue weighted by Crippen LogP contribution is -3.17. The van der Waals surface area contributed by atoms with E-state index in [-0.39, 0.29) is 13.1 Å². The molecule has 0 aromatic carbocycles. The van der Waals surface area contributed by atoms with Crippen molar-refractivity contribution >= 4 is 18.1 Å². The van der Waals surface area contributed by atoms with Crippen molar-refractivity contribution in [1.82, 2.24) is 9.80 Å². The van der Waals surface area contributed by atoms with E-state index in [9.17, 15) is 19.6 Å².